The molecule has 0 radical (unpaired) electrons. The second-order valence-corrected chi connectivity index (χ2v) is 2.12. The van der Waals surface area contributed by atoms with Crippen LogP contribution in [0.4, 0.5) is 14.6 Å². The Morgan fingerprint density at radius 3 is 2.67 bits per heavy atom. The van der Waals surface area contributed by atoms with E-state index in [0.717, 1.165) is 0 Å². The number of alkyl halides is 2. The summed E-state index contributed by atoms with van der Waals surface area (Å²) in [5.41, 5.74) is 4.54. The highest BCUT2D eigenvalue weighted by Crippen LogP contribution is 2.25. The summed E-state index contributed by atoms with van der Waals surface area (Å²) in [4.78, 5) is 13.7. The van der Waals surface area contributed by atoms with E-state index in [9.17, 15) is 13.6 Å². The minimum absolute atomic E-state index is 0.113. The molecule has 0 amide bonds. The van der Waals surface area contributed by atoms with Crippen molar-refractivity contribution in [3.05, 3.63) is 23.4 Å². The van der Waals surface area contributed by atoms with Crippen molar-refractivity contribution in [1.82, 2.24) is 4.98 Å². The molecule has 3 nitrogen and oxygen atoms in total. The van der Waals surface area contributed by atoms with Crippen LogP contribution >= 0.6 is 0 Å². The molecule has 0 unspecified atom stereocenters. The van der Waals surface area contributed by atoms with Crippen LogP contribution in [0.2, 0.25) is 0 Å². The highest BCUT2D eigenvalue weighted by molar-refractivity contribution is 5.79. The number of nitrogens with two attached hydrogens (primary N) is 1. The lowest BCUT2D eigenvalue weighted by Crippen LogP contribution is -2.02. The average Bonchev–Trinajstić information content (AvgIpc) is 2.03. The number of aldehydes is 1. The number of carbonyl (C=O) groups excluding carboxylic acids is 1. The molecule has 1 heterocycles. The van der Waals surface area contributed by atoms with Gasteiger partial charge in [-0.15, -0.1) is 0 Å². The van der Waals surface area contributed by atoms with Crippen molar-refractivity contribution in [3.63, 3.8) is 0 Å². The van der Waals surface area contributed by atoms with Gasteiger partial charge in [-0.3, -0.25) is 4.79 Å². The van der Waals surface area contributed by atoms with Gasteiger partial charge in [0, 0.05) is 11.8 Å². The molecular weight excluding hydrogens is 166 g/mol. The first-order chi connectivity index (χ1) is 5.66. The van der Waals surface area contributed by atoms with Gasteiger partial charge in [0.05, 0.1) is 5.56 Å². The van der Waals surface area contributed by atoms with Crippen molar-refractivity contribution in [1.29, 1.82) is 0 Å². The minimum atomic E-state index is -2.76. The Morgan fingerprint density at radius 2 is 2.25 bits per heavy atom. The molecule has 2 N–H and O–H groups in total. The van der Waals surface area contributed by atoms with Crippen molar-refractivity contribution in [2.75, 3.05) is 5.73 Å². The fourth-order valence-electron chi connectivity index (χ4n) is 0.846. The van der Waals surface area contributed by atoms with Gasteiger partial charge >= 0.3 is 0 Å². The Morgan fingerprint density at radius 1 is 1.58 bits per heavy atom. The summed E-state index contributed by atoms with van der Waals surface area (Å²) in [7, 11) is 0. The number of rotatable bonds is 2. The van der Waals surface area contributed by atoms with E-state index >= 15 is 0 Å². The van der Waals surface area contributed by atoms with Crippen molar-refractivity contribution < 1.29 is 13.6 Å². The fourth-order valence-corrected chi connectivity index (χ4v) is 0.846. The van der Waals surface area contributed by atoms with Gasteiger partial charge in [-0.05, 0) is 6.07 Å². The highest BCUT2D eigenvalue weighted by atomic mass is 19.3. The third-order valence-corrected chi connectivity index (χ3v) is 1.40. The topological polar surface area (TPSA) is 56.0 Å². The summed E-state index contributed by atoms with van der Waals surface area (Å²) in [5, 5.41) is 0. The molecule has 12 heavy (non-hydrogen) atoms. The molecular formula is C7H6F2N2O. The van der Waals surface area contributed by atoms with Crippen LogP contribution in [-0.4, -0.2) is 11.3 Å². The van der Waals surface area contributed by atoms with Crippen molar-refractivity contribution >= 4 is 12.1 Å². The number of nitrogen functional groups attached to an aromatic ring is 1. The summed E-state index contributed by atoms with van der Waals surface area (Å²) >= 11 is 0. The summed E-state index contributed by atoms with van der Waals surface area (Å²) < 4.78 is 24.4. The van der Waals surface area contributed by atoms with E-state index in [0.29, 0.717) is 6.29 Å². The van der Waals surface area contributed by atoms with Crippen LogP contribution in [0.15, 0.2) is 12.3 Å². The molecule has 0 saturated carbocycles. The Labute approximate surface area is 67.2 Å². The third kappa shape index (κ3) is 1.39. The van der Waals surface area contributed by atoms with E-state index in [2.05, 4.69) is 4.98 Å². The van der Waals surface area contributed by atoms with Gasteiger partial charge in [-0.2, -0.15) is 0 Å². The van der Waals surface area contributed by atoms with Crippen molar-refractivity contribution in [2.45, 2.75) is 6.43 Å². The molecule has 0 atom stereocenters. The van der Waals surface area contributed by atoms with E-state index in [1.54, 1.807) is 0 Å². The lowest BCUT2D eigenvalue weighted by molar-refractivity contribution is 0.110. The maximum Gasteiger partial charge on any atom is 0.268 e. The summed E-state index contributed by atoms with van der Waals surface area (Å²) in [6, 6.07) is 1.20. The van der Waals surface area contributed by atoms with Crippen LogP contribution in [0.3, 0.4) is 0 Å². The van der Waals surface area contributed by atoms with Crippen LogP contribution < -0.4 is 5.73 Å². The molecule has 5 heteroatoms. The molecule has 0 aliphatic heterocycles. The van der Waals surface area contributed by atoms with Gasteiger partial charge in [0.15, 0.2) is 6.29 Å². The zero-order chi connectivity index (χ0) is 9.14. The second-order valence-electron chi connectivity index (χ2n) is 2.12. The number of nitrogens with zero attached hydrogens (tertiary/aromatic N) is 1. The zero-order valence-electron chi connectivity index (χ0n) is 6.00. The van der Waals surface area contributed by atoms with Crippen LogP contribution in [0.5, 0.6) is 0 Å². The maximum absolute atomic E-state index is 12.2. The Balaban J connectivity index is 3.29. The Kier molecular flexibility index (Phi) is 2.32. The number of carbonyl (C=O) groups is 1. The van der Waals surface area contributed by atoms with E-state index in [1.807, 2.05) is 0 Å². The zero-order valence-corrected chi connectivity index (χ0v) is 6.00. The summed E-state index contributed by atoms with van der Waals surface area (Å²) in [5.74, 6) is -0.297. The normalized spacial score (nSPS) is 10.2. The minimum Gasteiger partial charge on any atom is -0.383 e. The largest absolute Gasteiger partial charge is 0.383 e. The molecule has 0 aliphatic rings. The predicted molar refractivity (Wildman–Crippen MR) is 39.0 cm³/mol. The SMILES string of the molecule is Nc1nccc(C=O)c1C(F)F. The molecule has 0 spiro atoms. The van der Waals surface area contributed by atoms with Gasteiger partial charge in [0.2, 0.25) is 0 Å². The smallest absolute Gasteiger partial charge is 0.268 e. The lowest BCUT2D eigenvalue weighted by atomic mass is 10.1. The Bertz CT molecular complexity index is 301. The highest BCUT2D eigenvalue weighted by Gasteiger charge is 2.16. The van der Waals surface area contributed by atoms with Gasteiger partial charge < -0.3 is 5.73 Å². The van der Waals surface area contributed by atoms with Crippen LogP contribution in [0.25, 0.3) is 0 Å². The standard InChI is InChI=1S/C7H6F2N2O/c8-6(9)5-4(3-12)1-2-11-7(5)10/h1-3,6H,(H2,10,11). The molecule has 0 saturated heterocycles. The van der Waals surface area contributed by atoms with E-state index in [-0.39, 0.29) is 11.4 Å². The quantitative estimate of drug-likeness (QED) is 0.686. The van der Waals surface area contributed by atoms with E-state index in [1.165, 1.54) is 12.3 Å². The number of aromatic nitrogens is 1. The third-order valence-electron chi connectivity index (χ3n) is 1.40. The number of hydrogen-bond acceptors (Lipinski definition) is 3. The number of pyridine rings is 1. The van der Waals surface area contributed by atoms with Gasteiger partial charge in [-0.1, -0.05) is 0 Å². The maximum atomic E-state index is 12.2. The molecule has 0 fully saturated rings. The van der Waals surface area contributed by atoms with Gasteiger partial charge in [0.25, 0.3) is 6.43 Å². The van der Waals surface area contributed by atoms with Gasteiger partial charge in [0.1, 0.15) is 5.82 Å². The molecule has 0 bridgehead atoms. The molecule has 1 aromatic heterocycles. The van der Waals surface area contributed by atoms with Crippen molar-refractivity contribution in [2.24, 2.45) is 0 Å². The molecule has 0 aromatic carbocycles. The first-order valence-electron chi connectivity index (χ1n) is 3.14. The van der Waals surface area contributed by atoms with Crippen molar-refractivity contribution in [3.8, 4) is 0 Å². The first kappa shape index (κ1) is 8.58. The molecule has 64 valence electrons. The van der Waals surface area contributed by atoms with Crippen LogP contribution in [0, 0.1) is 0 Å². The number of hydrogen-bond donors (Lipinski definition) is 1. The lowest BCUT2D eigenvalue weighted by Gasteiger charge is -2.04. The van der Waals surface area contributed by atoms with Crippen LogP contribution in [-0.2, 0) is 0 Å². The Hall–Kier alpha value is -1.52. The monoisotopic (exact) mass is 172 g/mol. The predicted octanol–water partition coefficient (Wildman–Crippen LogP) is 1.41. The first-order valence-corrected chi connectivity index (χ1v) is 3.14. The van der Waals surface area contributed by atoms with Gasteiger partial charge in [-0.25, -0.2) is 13.8 Å². The average molecular weight is 172 g/mol. The number of anilines is 1. The van der Waals surface area contributed by atoms with Crippen LogP contribution in [0.1, 0.15) is 22.3 Å². The molecule has 1 rings (SSSR count). The molecule has 0 aliphatic carbocycles. The number of halogens is 2. The van der Waals surface area contributed by atoms with E-state index < -0.39 is 12.0 Å². The fraction of sp³-hybridized carbons (Fsp3) is 0.143. The second kappa shape index (κ2) is 3.25. The van der Waals surface area contributed by atoms with E-state index in [4.69, 9.17) is 5.73 Å². The summed E-state index contributed by atoms with van der Waals surface area (Å²) in [6.45, 7) is 0. The molecule has 1 aromatic rings. The summed E-state index contributed by atoms with van der Waals surface area (Å²) in [6.07, 6.45) is -1.22.